The van der Waals surface area contributed by atoms with Crippen molar-refractivity contribution in [3.8, 4) is 5.88 Å². The number of methoxy groups -OCH3 is 1. The van der Waals surface area contributed by atoms with Crippen molar-refractivity contribution in [2.75, 3.05) is 7.11 Å². The normalized spacial score (nSPS) is 11.0. The molecule has 0 radical (unpaired) electrons. The Hall–Kier alpha value is -2.21. The number of alkyl halides is 1. The van der Waals surface area contributed by atoms with Crippen LogP contribution in [-0.2, 0) is 12.4 Å². The summed E-state index contributed by atoms with van der Waals surface area (Å²) in [6, 6.07) is 5.91. The van der Waals surface area contributed by atoms with Gasteiger partial charge in [0.2, 0.25) is 5.88 Å². The summed E-state index contributed by atoms with van der Waals surface area (Å²) in [5, 5.41) is 0. The van der Waals surface area contributed by atoms with Crippen molar-refractivity contribution in [1.82, 2.24) is 24.5 Å². The zero-order chi connectivity index (χ0) is 14.8. The van der Waals surface area contributed by atoms with Gasteiger partial charge in [0.25, 0.3) is 0 Å². The van der Waals surface area contributed by atoms with Crippen LogP contribution in [0.4, 0.5) is 0 Å². The Morgan fingerprint density at radius 2 is 2.10 bits per heavy atom. The largest absolute Gasteiger partial charge is 0.479 e. The second-order valence-electron chi connectivity index (χ2n) is 4.57. The van der Waals surface area contributed by atoms with Gasteiger partial charge in [-0.05, 0) is 19.1 Å². The minimum atomic E-state index is 0.283. The third-order valence-electron chi connectivity index (χ3n) is 3.16. The topological polar surface area (TPSA) is 65.7 Å². The van der Waals surface area contributed by atoms with Crippen molar-refractivity contribution in [2.24, 2.45) is 0 Å². The van der Waals surface area contributed by atoms with E-state index in [9.17, 15) is 0 Å². The Balaban J connectivity index is 2.12. The molecular weight excluding hydrogens is 290 g/mol. The number of aromatic nitrogens is 5. The average molecular weight is 304 g/mol. The lowest BCUT2D eigenvalue weighted by Gasteiger charge is -2.07. The highest BCUT2D eigenvalue weighted by atomic mass is 35.5. The molecule has 108 valence electrons. The van der Waals surface area contributed by atoms with Gasteiger partial charge in [-0.3, -0.25) is 4.98 Å². The molecule has 0 amide bonds. The Morgan fingerprint density at radius 3 is 2.81 bits per heavy atom. The monoisotopic (exact) mass is 303 g/mol. The van der Waals surface area contributed by atoms with Crippen LogP contribution in [-0.4, -0.2) is 31.6 Å². The van der Waals surface area contributed by atoms with Gasteiger partial charge in [0.15, 0.2) is 11.2 Å². The molecule has 0 spiro atoms. The zero-order valence-electron chi connectivity index (χ0n) is 11.7. The fraction of sp³-hybridized carbons (Fsp3) is 0.286. The maximum absolute atomic E-state index is 6.00. The maximum Gasteiger partial charge on any atom is 0.245 e. The number of fused-ring (bicyclic) bond motifs is 1. The number of halogens is 1. The number of hydrogen-bond acceptors (Lipinski definition) is 5. The summed E-state index contributed by atoms with van der Waals surface area (Å²) in [5.41, 5.74) is 3.21. The van der Waals surface area contributed by atoms with Gasteiger partial charge in [0, 0.05) is 5.69 Å². The Bertz CT molecular complexity index is 786. The van der Waals surface area contributed by atoms with E-state index in [0.29, 0.717) is 29.4 Å². The van der Waals surface area contributed by atoms with Crippen LogP contribution in [0.1, 0.15) is 17.2 Å². The molecule has 3 aromatic rings. The van der Waals surface area contributed by atoms with E-state index in [-0.39, 0.29) is 5.88 Å². The van der Waals surface area contributed by atoms with Gasteiger partial charge < -0.3 is 9.30 Å². The summed E-state index contributed by atoms with van der Waals surface area (Å²) in [6.45, 7) is 2.52. The van der Waals surface area contributed by atoms with E-state index < -0.39 is 0 Å². The van der Waals surface area contributed by atoms with E-state index in [1.165, 1.54) is 6.33 Å². The van der Waals surface area contributed by atoms with Crippen molar-refractivity contribution >= 4 is 22.8 Å². The molecule has 3 aromatic heterocycles. The lowest BCUT2D eigenvalue weighted by Crippen LogP contribution is -2.06. The van der Waals surface area contributed by atoms with E-state index in [1.807, 2.05) is 29.7 Å². The van der Waals surface area contributed by atoms with Crippen LogP contribution >= 0.6 is 11.6 Å². The van der Waals surface area contributed by atoms with Gasteiger partial charge in [-0.25, -0.2) is 9.97 Å². The Morgan fingerprint density at radius 1 is 1.24 bits per heavy atom. The quantitative estimate of drug-likeness (QED) is 0.692. The van der Waals surface area contributed by atoms with Crippen LogP contribution in [0.15, 0.2) is 24.5 Å². The number of pyridine rings is 1. The van der Waals surface area contributed by atoms with E-state index in [2.05, 4.69) is 19.9 Å². The number of nitrogens with zero attached hydrogens (tertiary/aromatic N) is 5. The molecule has 0 bridgehead atoms. The van der Waals surface area contributed by atoms with Gasteiger partial charge in [-0.15, -0.1) is 11.6 Å². The first-order valence-electron chi connectivity index (χ1n) is 6.45. The lowest BCUT2D eigenvalue weighted by atomic mass is 10.3. The number of aryl methyl sites for hydroxylation is 1. The van der Waals surface area contributed by atoms with Gasteiger partial charge >= 0.3 is 0 Å². The van der Waals surface area contributed by atoms with Crippen LogP contribution in [0.2, 0.25) is 0 Å². The third kappa shape index (κ3) is 2.54. The molecule has 0 N–H and O–H groups in total. The summed E-state index contributed by atoms with van der Waals surface area (Å²) in [4.78, 5) is 17.3. The fourth-order valence-corrected chi connectivity index (χ4v) is 2.43. The van der Waals surface area contributed by atoms with Crippen LogP contribution < -0.4 is 4.74 Å². The molecule has 3 heterocycles. The minimum absolute atomic E-state index is 0.283. The summed E-state index contributed by atoms with van der Waals surface area (Å²) < 4.78 is 7.16. The van der Waals surface area contributed by atoms with Crippen molar-refractivity contribution in [1.29, 1.82) is 0 Å². The van der Waals surface area contributed by atoms with Gasteiger partial charge in [0.1, 0.15) is 12.2 Å². The molecule has 0 unspecified atom stereocenters. The molecule has 0 saturated heterocycles. The average Bonchev–Trinajstić information content (AvgIpc) is 2.85. The molecular formula is C14H14ClN5O. The molecule has 0 fully saturated rings. The first-order chi connectivity index (χ1) is 10.2. The van der Waals surface area contributed by atoms with Crippen molar-refractivity contribution in [3.05, 3.63) is 41.7 Å². The highest BCUT2D eigenvalue weighted by Gasteiger charge is 2.16. The number of ether oxygens (including phenoxy) is 1. The van der Waals surface area contributed by atoms with Crippen molar-refractivity contribution < 1.29 is 4.74 Å². The number of imidazole rings is 1. The number of rotatable bonds is 4. The van der Waals surface area contributed by atoms with Crippen molar-refractivity contribution in [2.45, 2.75) is 19.3 Å². The molecule has 0 aromatic carbocycles. The van der Waals surface area contributed by atoms with Crippen LogP contribution in [0.3, 0.4) is 0 Å². The van der Waals surface area contributed by atoms with Crippen LogP contribution in [0, 0.1) is 6.92 Å². The number of hydrogen-bond donors (Lipinski definition) is 0. The van der Waals surface area contributed by atoms with Gasteiger partial charge in [0.05, 0.1) is 25.2 Å². The van der Waals surface area contributed by atoms with Gasteiger partial charge in [-0.2, -0.15) is 4.98 Å². The van der Waals surface area contributed by atoms with Crippen LogP contribution in [0.5, 0.6) is 5.88 Å². The molecule has 7 heteroatoms. The Kier molecular flexibility index (Phi) is 3.70. The molecule has 0 atom stereocenters. The first kappa shape index (κ1) is 13.8. The van der Waals surface area contributed by atoms with E-state index in [0.717, 1.165) is 11.4 Å². The molecule has 21 heavy (non-hydrogen) atoms. The zero-order valence-corrected chi connectivity index (χ0v) is 12.5. The van der Waals surface area contributed by atoms with E-state index in [4.69, 9.17) is 16.3 Å². The molecule has 6 nitrogen and oxygen atoms in total. The first-order valence-corrected chi connectivity index (χ1v) is 6.99. The molecule has 0 aliphatic rings. The summed E-state index contributed by atoms with van der Waals surface area (Å²) >= 11 is 6.00. The predicted molar refractivity (Wildman–Crippen MR) is 79.5 cm³/mol. The minimum Gasteiger partial charge on any atom is -0.479 e. The van der Waals surface area contributed by atoms with Crippen LogP contribution in [0.25, 0.3) is 11.2 Å². The summed E-state index contributed by atoms with van der Waals surface area (Å²) in [7, 11) is 1.56. The standard InChI is InChI=1S/C14H14ClN5O/c1-9-4-3-5-10(18-9)7-20-11(6-15)19-12-13(20)16-8-17-14(12)21-2/h3-5,8H,6-7H2,1-2H3. The van der Waals surface area contributed by atoms with E-state index >= 15 is 0 Å². The molecule has 0 aliphatic carbocycles. The summed E-state index contributed by atoms with van der Waals surface area (Å²) in [6.07, 6.45) is 1.46. The highest BCUT2D eigenvalue weighted by Crippen LogP contribution is 2.23. The van der Waals surface area contributed by atoms with Gasteiger partial charge in [-0.1, -0.05) is 6.07 Å². The molecule has 0 aliphatic heterocycles. The van der Waals surface area contributed by atoms with E-state index in [1.54, 1.807) is 7.11 Å². The predicted octanol–water partition coefficient (Wildman–Crippen LogP) is 2.33. The fourth-order valence-electron chi connectivity index (χ4n) is 2.23. The van der Waals surface area contributed by atoms with Crippen molar-refractivity contribution in [3.63, 3.8) is 0 Å². The second-order valence-corrected chi connectivity index (χ2v) is 4.84. The SMILES string of the molecule is COc1ncnc2c1nc(CCl)n2Cc1cccc(C)n1. The highest BCUT2D eigenvalue weighted by molar-refractivity contribution is 6.16. The molecule has 3 rings (SSSR count). The molecule has 0 saturated carbocycles. The third-order valence-corrected chi connectivity index (χ3v) is 3.40. The smallest absolute Gasteiger partial charge is 0.245 e. The maximum atomic E-state index is 6.00. The lowest BCUT2D eigenvalue weighted by molar-refractivity contribution is 0.401. The second kappa shape index (κ2) is 5.65. The summed E-state index contributed by atoms with van der Waals surface area (Å²) in [5.74, 6) is 1.45. The Labute approximate surface area is 126 Å².